The third-order valence-corrected chi connectivity index (χ3v) is 1.82. The predicted molar refractivity (Wildman–Crippen MR) is 59.3 cm³/mol. The lowest BCUT2D eigenvalue weighted by Gasteiger charge is -2.09. The van der Waals surface area contributed by atoms with Crippen LogP contribution >= 0.6 is 0 Å². The standard InChI is InChI=1S/C10H23N3O/c1-4-6-12-10(14)9-11-7-5-8-13(2)3/h11H,4-9H2,1-3H3,(H,12,14). The summed E-state index contributed by atoms with van der Waals surface area (Å²) in [6, 6.07) is 0. The molecule has 2 N–H and O–H groups in total. The van der Waals surface area contributed by atoms with E-state index in [0.29, 0.717) is 6.54 Å². The normalized spacial score (nSPS) is 10.6. The number of nitrogens with zero attached hydrogens (tertiary/aromatic N) is 1. The molecule has 0 fully saturated rings. The first kappa shape index (κ1) is 13.4. The smallest absolute Gasteiger partial charge is 0.233 e. The maximum atomic E-state index is 11.1. The monoisotopic (exact) mass is 201 g/mol. The van der Waals surface area contributed by atoms with E-state index in [-0.39, 0.29) is 5.91 Å². The van der Waals surface area contributed by atoms with Crippen molar-refractivity contribution in [2.75, 3.05) is 40.3 Å². The van der Waals surface area contributed by atoms with Gasteiger partial charge in [-0.1, -0.05) is 6.92 Å². The van der Waals surface area contributed by atoms with Gasteiger partial charge in [0.2, 0.25) is 5.91 Å². The Kier molecular flexibility index (Phi) is 8.57. The summed E-state index contributed by atoms with van der Waals surface area (Å²) >= 11 is 0. The number of carbonyl (C=O) groups excluding carboxylic acids is 1. The number of amides is 1. The molecular weight excluding hydrogens is 178 g/mol. The van der Waals surface area contributed by atoms with E-state index in [9.17, 15) is 4.79 Å². The minimum absolute atomic E-state index is 0.0942. The van der Waals surface area contributed by atoms with Crippen LogP contribution in [0, 0.1) is 0 Å². The van der Waals surface area contributed by atoms with Gasteiger partial charge in [-0.05, 0) is 40.0 Å². The second kappa shape index (κ2) is 8.97. The molecule has 1 amide bonds. The molecule has 4 heteroatoms. The zero-order chi connectivity index (χ0) is 10.8. The van der Waals surface area contributed by atoms with Crippen LogP contribution in [-0.4, -0.2) is 51.1 Å². The molecule has 0 saturated heterocycles. The highest BCUT2D eigenvalue weighted by Gasteiger charge is 1.97. The molecule has 0 aliphatic heterocycles. The highest BCUT2D eigenvalue weighted by atomic mass is 16.1. The number of hydrogen-bond acceptors (Lipinski definition) is 3. The summed E-state index contributed by atoms with van der Waals surface area (Å²) in [7, 11) is 4.10. The third kappa shape index (κ3) is 9.48. The first-order valence-electron chi connectivity index (χ1n) is 5.29. The largest absolute Gasteiger partial charge is 0.355 e. The average molecular weight is 201 g/mol. The van der Waals surface area contributed by atoms with Crippen LogP contribution in [0.5, 0.6) is 0 Å². The molecule has 0 unspecified atom stereocenters. The molecule has 0 saturated carbocycles. The molecule has 0 bridgehead atoms. The zero-order valence-corrected chi connectivity index (χ0v) is 9.60. The van der Waals surface area contributed by atoms with Crippen LogP contribution < -0.4 is 10.6 Å². The molecule has 14 heavy (non-hydrogen) atoms. The van der Waals surface area contributed by atoms with E-state index in [1.165, 1.54) is 0 Å². The average Bonchev–Trinajstić information content (AvgIpc) is 2.13. The molecule has 84 valence electrons. The van der Waals surface area contributed by atoms with Crippen LogP contribution in [0.1, 0.15) is 19.8 Å². The number of rotatable bonds is 8. The molecule has 0 radical (unpaired) electrons. The minimum atomic E-state index is 0.0942. The second-order valence-electron chi connectivity index (χ2n) is 3.68. The van der Waals surface area contributed by atoms with Crippen molar-refractivity contribution in [2.24, 2.45) is 0 Å². The van der Waals surface area contributed by atoms with Crippen molar-refractivity contribution in [1.29, 1.82) is 0 Å². The molecule has 0 heterocycles. The van der Waals surface area contributed by atoms with Crippen LogP contribution in [0.25, 0.3) is 0 Å². The maximum absolute atomic E-state index is 11.1. The van der Waals surface area contributed by atoms with E-state index in [1.54, 1.807) is 0 Å². The molecule has 0 rings (SSSR count). The Labute approximate surface area is 87.0 Å². The van der Waals surface area contributed by atoms with Crippen LogP contribution in [0.2, 0.25) is 0 Å². The quantitative estimate of drug-likeness (QED) is 0.546. The van der Waals surface area contributed by atoms with Crippen molar-refractivity contribution in [2.45, 2.75) is 19.8 Å². The highest BCUT2D eigenvalue weighted by molar-refractivity contribution is 5.77. The van der Waals surface area contributed by atoms with Crippen molar-refractivity contribution in [3.63, 3.8) is 0 Å². The van der Waals surface area contributed by atoms with Crippen molar-refractivity contribution in [3.8, 4) is 0 Å². The van der Waals surface area contributed by atoms with Crippen LogP contribution in [0.3, 0.4) is 0 Å². The van der Waals surface area contributed by atoms with Gasteiger partial charge in [0.05, 0.1) is 6.54 Å². The summed E-state index contributed by atoms with van der Waals surface area (Å²) in [5.74, 6) is 0.0942. The minimum Gasteiger partial charge on any atom is -0.355 e. The summed E-state index contributed by atoms with van der Waals surface area (Å²) in [6.07, 6.45) is 2.07. The fraction of sp³-hybridized carbons (Fsp3) is 0.900. The second-order valence-corrected chi connectivity index (χ2v) is 3.68. The van der Waals surface area contributed by atoms with Gasteiger partial charge in [-0.15, -0.1) is 0 Å². The number of nitrogens with one attached hydrogen (secondary N) is 2. The number of hydrogen-bond donors (Lipinski definition) is 2. The highest BCUT2D eigenvalue weighted by Crippen LogP contribution is 1.80. The van der Waals surface area contributed by atoms with E-state index >= 15 is 0 Å². The Morgan fingerprint density at radius 3 is 2.57 bits per heavy atom. The topological polar surface area (TPSA) is 44.4 Å². The molecule has 0 atom stereocenters. The molecule has 4 nitrogen and oxygen atoms in total. The van der Waals surface area contributed by atoms with Gasteiger partial charge in [0, 0.05) is 6.54 Å². The molecule has 0 aliphatic rings. The van der Waals surface area contributed by atoms with E-state index in [2.05, 4.69) is 15.5 Å². The molecular formula is C10H23N3O. The first-order chi connectivity index (χ1) is 6.66. The molecule has 0 aromatic heterocycles. The van der Waals surface area contributed by atoms with E-state index in [0.717, 1.165) is 32.5 Å². The maximum Gasteiger partial charge on any atom is 0.233 e. The van der Waals surface area contributed by atoms with Gasteiger partial charge in [-0.25, -0.2) is 0 Å². The zero-order valence-electron chi connectivity index (χ0n) is 9.60. The summed E-state index contributed by atoms with van der Waals surface area (Å²) in [4.78, 5) is 13.3. The van der Waals surface area contributed by atoms with E-state index < -0.39 is 0 Å². The van der Waals surface area contributed by atoms with Gasteiger partial charge in [-0.2, -0.15) is 0 Å². The third-order valence-electron chi connectivity index (χ3n) is 1.82. The van der Waals surface area contributed by atoms with Gasteiger partial charge in [0.25, 0.3) is 0 Å². The Morgan fingerprint density at radius 1 is 1.29 bits per heavy atom. The fourth-order valence-electron chi connectivity index (χ4n) is 1.05. The van der Waals surface area contributed by atoms with Gasteiger partial charge in [0.1, 0.15) is 0 Å². The Bertz CT molecular complexity index is 148. The van der Waals surface area contributed by atoms with Crippen LogP contribution in [-0.2, 0) is 4.79 Å². The lowest BCUT2D eigenvalue weighted by molar-refractivity contribution is -0.120. The summed E-state index contributed by atoms with van der Waals surface area (Å²) in [5, 5.41) is 5.93. The molecule has 0 aliphatic carbocycles. The molecule has 0 aromatic carbocycles. The molecule has 0 aromatic rings. The van der Waals surface area contributed by atoms with Gasteiger partial charge in [-0.3, -0.25) is 4.79 Å². The fourth-order valence-corrected chi connectivity index (χ4v) is 1.05. The lowest BCUT2D eigenvalue weighted by Crippen LogP contribution is -2.35. The van der Waals surface area contributed by atoms with Crippen molar-refractivity contribution in [1.82, 2.24) is 15.5 Å². The van der Waals surface area contributed by atoms with Gasteiger partial charge < -0.3 is 15.5 Å². The summed E-state index contributed by atoms with van der Waals surface area (Å²) in [6.45, 7) is 5.22. The Morgan fingerprint density at radius 2 is 2.00 bits per heavy atom. The Hall–Kier alpha value is -0.610. The van der Waals surface area contributed by atoms with Crippen molar-refractivity contribution in [3.05, 3.63) is 0 Å². The summed E-state index contributed by atoms with van der Waals surface area (Å²) < 4.78 is 0. The van der Waals surface area contributed by atoms with Crippen molar-refractivity contribution < 1.29 is 4.79 Å². The van der Waals surface area contributed by atoms with Crippen LogP contribution in [0.4, 0.5) is 0 Å². The lowest BCUT2D eigenvalue weighted by atomic mass is 10.4. The van der Waals surface area contributed by atoms with E-state index in [4.69, 9.17) is 0 Å². The number of carbonyl (C=O) groups is 1. The van der Waals surface area contributed by atoms with Gasteiger partial charge >= 0.3 is 0 Å². The van der Waals surface area contributed by atoms with E-state index in [1.807, 2.05) is 21.0 Å². The van der Waals surface area contributed by atoms with Crippen LogP contribution in [0.15, 0.2) is 0 Å². The summed E-state index contributed by atoms with van der Waals surface area (Å²) in [5.41, 5.74) is 0. The SMILES string of the molecule is CCCNC(=O)CNCCCN(C)C. The first-order valence-corrected chi connectivity index (χ1v) is 5.29. The predicted octanol–water partition coefficient (Wildman–Crippen LogP) is 0.0539. The molecule has 0 spiro atoms. The van der Waals surface area contributed by atoms with Crippen molar-refractivity contribution >= 4 is 5.91 Å². The van der Waals surface area contributed by atoms with Gasteiger partial charge in [0.15, 0.2) is 0 Å². The Balaban J connectivity index is 3.15.